The van der Waals surface area contributed by atoms with Crippen molar-refractivity contribution in [2.75, 3.05) is 7.05 Å². The smallest absolute Gasteiger partial charge is 0.254 e. The van der Waals surface area contributed by atoms with Crippen LogP contribution in [-0.2, 0) is 7.05 Å². The van der Waals surface area contributed by atoms with Gasteiger partial charge < -0.3 is 4.90 Å². The minimum Gasteiger partial charge on any atom is -0.335 e. The predicted octanol–water partition coefficient (Wildman–Crippen LogP) is 4.23. The summed E-state index contributed by atoms with van der Waals surface area (Å²) in [5.74, 6) is 0.227. The van der Waals surface area contributed by atoms with Gasteiger partial charge in [0.1, 0.15) is 0 Å². The summed E-state index contributed by atoms with van der Waals surface area (Å²) in [4.78, 5) is 19.9. The van der Waals surface area contributed by atoms with E-state index in [2.05, 4.69) is 18.9 Å². The molecule has 2 heterocycles. The van der Waals surface area contributed by atoms with Gasteiger partial charge in [0.25, 0.3) is 5.91 Å². The summed E-state index contributed by atoms with van der Waals surface area (Å²) in [6, 6.07) is 12.0. The Morgan fingerprint density at radius 3 is 2.42 bits per heavy atom. The molecule has 0 saturated carbocycles. The standard InChI is InChI=1S/C21H26N4O/c1-13(2)18-12-17(19-14(3)23-25(6)20(19)22-18)21(26)24(5)15(4)16-10-8-7-9-11-16/h7-13,15H,1-6H3. The molecule has 1 unspecified atom stereocenters. The Bertz CT molecular complexity index is 944. The molecule has 3 rings (SSSR count). The first-order valence-corrected chi connectivity index (χ1v) is 8.97. The fourth-order valence-corrected chi connectivity index (χ4v) is 3.25. The Balaban J connectivity index is 2.10. The number of benzene rings is 1. The quantitative estimate of drug-likeness (QED) is 0.707. The highest BCUT2D eigenvalue weighted by molar-refractivity contribution is 6.06. The topological polar surface area (TPSA) is 51.0 Å². The van der Waals surface area contributed by atoms with Crippen LogP contribution >= 0.6 is 0 Å². The van der Waals surface area contributed by atoms with Crippen molar-refractivity contribution in [3.63, 3.8) is 0 Å². The lowest BCUT2D eigenvalue weighted by Crippen LogP contribution is -2.30. The van der Waals surface area contributed by atoms with Gasteiger partial charge in [-0.25, -0.2) is 4.98 Å². The maximum absolute atomic E-state index is 13.4. The van der Waals surface area contributed by atoms with Gasteiger partial charge in [0.15, 0.2) is 5.65 Å². The Morgan fingerprint density at radius 2 is 1.81 bits per heavy atom. The minimum absolute atomic E-state index is 0.00764. The molecule has 0 aliphatic carbocycles. The molecule has 2 aromatic heterocycles. The molecule has 0 aliphatic heterocycles. The fraction of sp³-hybridized carbons (Fsp3) is 0.381. The lowest BCUT2D eigenvalue weighted by molar-refractivity contribution is 0.0744. The second kappa shape index (κ2) is 6.90. The van der Waals surface area contributed by atoms with E-state index in [1.54, 1.807) is 9.58 Å². The summed E-state index contributed by atoms with van der Waals surface area (Å²) >= 11 is 0. The second-order valence-electron chi connectivity index (χ2n) is 7.16. The number of rotatable bonds is 4. The zero-order valence-electron chi connectivity index (χ0n) is 16.3. The SMILES string of the molecule is Cc1nn(C)c2nc(C(C)C)cc(C(=O)N(C)C(C)c3ccccc3)c12. The molecule has 136 valence electrons. The zero-order chi connectivity index (χ0) is 19.0. The number of hydrogen-bond donors (Lipinski definition) is 0. The summed E-state index contributed by atoms with van der Waals surface area (Å²) in [5.41, 5.74) is 4.28. The Morgan fingerprint density at radius 1 is 1.15 bits per heavy atom. The number of aromatic nitrogens is 3. The first-order valence-electron chi connectivity index (χ1n) is 8.97. The van der Waals surface area contributed by atoms with Crippen LogP contribution in [0.2, 0.25) is 0 Å². The first-order chi connectivity index (χ1) is 12.3. The van der Waals surface area contributed by atoms with Gasteiger partial charge in [0.05, 0.1) is 22.7 Å². The number of carbonyl (C=O) groups is 1. The number of aryl methyl sites for hydroxylation is 2. The minimum atomic E-state index is -0.0219. The fourth-order valence-electron chi connectivity index (χ4n) is 3.25. The summed E-state index contributed by atoms with van der Waals surface area (Å²) in [6.45, 7) is 8.14. The highest BCUT2D eigenvalue weighted by Crippen LogP contribution is 2.28. The van der Waals surface area contributed by atoms with E-state index in [1.807, 2.05) is 64.3 Å². The van der Waals surface area contributed by atoms with E-state index in [1.165, 1.54) is 0 Å². The molecule has 0 N–H and O–H groups in total. The Hall–Kier alpha value is -2.69. The van der Waals surface area contributed by atoms with Gasteiger partial charge in [0.2, 0.25) is 0 Å². The van der Waals surface area contributed by atoms with Gasteiger partial charge in [-0.3, -0.25) is 9.48 Å². The van der Waals surface area contributed by atoms with Gasteiger partial charge in [-0.05, 0) is 31.4 Å². The van der Waals surface area contributed by atoms with Crippen LogP contribution in [0.4, 0.5) is 0 Å². The number of pyridine rings is 1. The van der Waals surface area contributed by atoms with E-state index in [4.69, 9.17) is 4.98 Å². The van der Waals surface area contributed by atoms with Gasteiger partial charge in [0, 0.05) is 19.8 Å². The van der Waals surface area contributed by atoms with Crippen molar-refractivity contribution in [2.24, 2.45) is 7.05 Å². The van der Waals surface area contributed by atoms with E-state index in [9.17, 15) is 4.79 Å². The number of hydrogen-bond acceptors (Lipinski definition) is 3. The largest absolute Gasteiger partial charge is 0.335 e. The van der Waals surface area contributed by atoms with Crippen molar-refractivity contribution < 1.29 is 4.79 Å². The number of fused-ring (bicyclic) bond motifs is 1. The molecule has 0 bridgehead atoms. The van der Waals surface area contributed by atoms with Crippen molar-refractivity contribution in [3.05, 3.63) is 58.9 Å². The number of nitrogens with zero attached hydrogens (tertiary/aromatic N) is 4. The maximum Gasteiger partial charge on any atom is 0.254 e. The summed E-state index contributed by atoms with van der Waals surface area (Å²) in [5, 5.41) is 5.32. The lowest BCUT2D eigenvalue weighted by atomic mass is 10.0. The van der Waals surface area contributed by atoms with E-state index >= 15 is 0 Å². The first kappa shape index (κ1) is 18.1. The van der Waals surface area contributed by atoms with Crippen molar-refractivity contribution in [3.8, 4) is 0 Å². The third-order valence-corrected chi connectivity index (χ3v) is 4.99. The molecule has 1 amide bonds. The zero-order valence-corrected chi connectivity index (χ0v) is 16.3. The molecular formula is C21H26N4O. The summed E-state index contributed by atoms with van der Waals surface area (Å²) in [6.07, 6.45) is 0. The summed E-state index contributed by atoms with van der Waals surface area (Å²) in [7, 11) is 3.73. The van der Waals surface area contributed by atoms with Crippen LogP contribution in [0.3, 0.4) is 0 Å². The van der Waals surface area contributed by atoms with Crippen LogP contribution in [-0.4, -0.2) is 32.6 Å². The van der Waals surface area contributed by atoms with Crippen LogP contribution in [0, 0.1) is 6.92 Å². The van der Waals surface area contributed by atoms with Crippen molar-refractivity contribution in [2.45, 2.75) is 39.7 Å². The van der Waals surface area contributed by atoms with Gasteiger partial charge in [-0.1, -0.05) is 44.2 Å². The third kappa shape index (κ3) is 3.09. The van der Waals surface area contributed by atoms with Gasteiger partial charge >= 0.3 is 0 Å². The molecule has 3 aromatic rings. The van der Waals surface area contributed by atoms with Crippen LogP contribution in [0.5, 0.6) is 0 Å². The number of carbonyl (C=O) groups excluding carboxylic acids is 1. The molecule has 0 radical (unpaired) electrons. The summed E-state index contributed by atoms with van der Waals surface area (Å²) < 4.78 is 1.76. The van der Waals surface area contributed by atoms with Gasteiger partial charge in [-0.15, -0.1) is 0 Å². The highest BCUT2D eigenvalue weighted by Gasteiger charge is 2.24. The van der Waals surface area contributed by atoms with E-state index in [-0.39, 0.29) is 17.9 Å². The van der Waals surface area contributed by atoms with Crippen LogP contribution in [0.15, 0.2) is 36.4 Å². The molecule has 1 aromatic carbocycles. The van der Waals surface area contributed by atoms with Crippen molar-refractivity contribution in [1.29, 1.82) is 0 Å². The van der Waals surface area contributed by atoms with Crippen LogP contribution < -0.4 is 0 Å². The highest BCUT2D eigenvalue weighted by atomic mass is 16.2. The predicted molar refractivity (Wildman–Crippen MR) is 104 cm³/mol. The molecule has 0 fully saturated rings. The molecule has 5 nitrogen and oxygen atoms in total. The molecule has 0 spiro atoms. The monoisotopic (exact) mass is 350 g/mol. The van der Waals surface area contributed by atoms with Crippen LogP contribution in [0.1, 0.15) is 60.0 Å². The average molecular weight is 350 g/mol. The average Bonchev–Trinajstić information content (AvgIpc) is 2.94. The Labute approximate surface area is 154 Å². The normalized spacial score (nSPS) is 12.6. The van der Waals surface area contributed by atoms with Crippen LogP contribution in [0.25, 0.3) is 11.0 Å². The van der Waals surface area contributed by atoms with Crippen molar-refractivity contribution >= 4 is 16.9 Å². The third-order valence-electron chi connectivity index (χ3n) is 4.99. The van der Waals surface area contributed by atoms with Crippen molar-refractivity contribution in [1.82, 2.24) is 19.7 Å². The molecule has 1 atom stereocenters. The maximum atomic E-state index is 13.4. The molecular weight excluding hydrogens is 324 g/mol. The second-order valence-corrected chi connectivity index (χ2v) is 7.16. The van der Waals surface area contributed by atoms with E-state index in [0.717, 1.165) is 28.0 Å². The molecule has 5 heteroatoms. The van der Waals surface area contributed by atoms with Gasteiger partial charge in [-0.2, -0.15) is 5.10 Å². The Kier molecular flexibility index (Phi) is 4.81. The molecule has 0 saturated heterocycles. The van der Waals surface area contributed by atoms with E-state index in [0.29, 0.717) is 5.56 Å². The number of amides is 1. The van der Waals surface area contributed by atoms with E-state index < -0.39 is 0 Å². The molecule has 26 heavy (non-hydrogen) atoms. The lowest BCUT2D eigenvalue weighted by Gasteiger charge is -2.26. The molecule has 0 aliphatic rings.